The quantitative estimate of drug-likeness (QED) is 0.201. The highest BCUT2D eigenvalue weighted by molar-refractivity contribution is 9.10. The third kappa shape index (κ3) is 5.58. The molecule has 4 heterocycles. The summed E-state index contributed by atoms with van der Waals surface area (Å²) in [6.45, 7) is 3.90. The van der Waals surface area contributed by atoms with Crippen LogP contribution in [0.2, 0.25) is 0 Å². The average Bonchev–Trinajstić information content (AvgIpc) is 3.42. The highest BCUT2D eigenvalue weighted by atomic mass is 79.9. The van der Waals surface area contributed by atoms with E-state index in [-0.39, 0.29) is 49.7 Å². The second kappa shape index (κ2) is 10.8. The van der Waals surface area contributed by atoms with Gasteiger partial charge >= 0.3 is 6.18 Å². The number of amides is 2. The highest BCUT2D eigenvalue weighted by Gasteiger charge is 2.41. The molecule has 4 aromatic heterocycles. The van der Waals surface area contributed by atoms with Gasteiger partial charge in [-0.1, -0.05) is 0 Å². The predicted octanol–water partition coefficient (Wildman–Crippen LogP) is 6.41. The lowest BCUT2D eigenvalue weighted by Gasteiger charge is -2.11. The van der Waals surface area contributed by atoms with E-state index >= 15 is 0 Å². The molecule has 16 heteroatoms. The highest BCUT2D eigenvalue weighted by Crippen LogP contribution is 2.47. The average molecular weight is 660 g/mol. The molecule has 0 aliphatic heterocycles. The van der Waals surface area contributed by atoms with Crippen molar-refractivity contribution in [1.29, 1.82) is 0 Å². The Kier molecular flexibility index (Phi) is 7.65. The number of hydrogen-bond donors (Lipinski definition) is 2. The zero-order valence-electron chi connectivity index (χ0n) is 21.7. The number of rotatable bonds is 9. The van der Waals surface area contributed by atoms with E-state index in [0.29, 0.717) is 36.3 Å². The number of fused-ring (bicyclic) bond motifs is 1. The fourth-order valence-electron chi connectivity index (χ4n) is 4.64. The lowest BCUT2D eigenvalue weighted by Crippen LogP contribution is -2.19. The Morgan fingerprint density at radius 2 is 1.95 bits per heavy atom. The minimum absolute atomic E-state index is 0.00509. The molecule has 1 aliphatic rings. The molecule has 4 aromatic rings. The number of halogens is 6. The molecule has 0 unspecified atom stereocenters. The van der Waals surface area contributed by atoms with Crippen molar-refractivity contribution in [2.75, 3.05) is 5.32 Å². The van der Waals surface area contributed by atoms with E-state index in [9.17, 15) is 31.5 Å². The van der Waals surface area contributed by atoms with Crippen LogP contribution in [-0.2, 0) is 24.1 Å². The number of primary amides is 1. The van der Waals surface area contributed by atoms with Crippen molar-refractivity contribution in [3.63, 3.8) is 0 Å². The molecule has 9 nitrogen and oxygen atoms in total. The third-order valence-corrected chi connectivity index (χ3v) is 8.55. The third-order valence-electron chi connectivity index (χ3n) is 6.67. The standard InChI is InChI=1S/C25H23BrF5N7O2S/c1-3-37-9-13(10(2)35-37)12-8-14(22(27)28)33-24-16(12)18(20(41-24)23(32)40)34-15(39)6-7-38-19(11-4-5-11)17(26)21(36-38)25(29,30)31/h8-9,11,22H,3-7H2,1-2H3,(H2,32,40)(H,34,39). The van der Waals surface area contributed by atoms with Crippen LogP contribution in [0.15, 0.2) is 16.7 Å². The summed E-state index contributed by atoms with van der Waals surface area (Å²) >= 11 is 3.78. The monoisotopic (exact) mass is 659 g/mol. The molecule has 0 atom stereocenters. The van der Waals surface area contributed by atoms with Gasteiger partial charge in [0.05, 0.1) is 28.1 Å². The number of alkyl halides is 5. The van der Waals surface area contributed by atoms with Crippen molar-refractivity contribution >= 4 is 55.0 Å². The fourth-order valence-corrected chi connectivity index (χ4v) is 6.49. The molecule has 1 aliphatic carbocycles. The summed E-state index contributed by atoms with van der Waals surface area (Å²) in [5.74, 6) is -1.64. The zero-order valence-corrected chi connectivity index (χ0v) is 24.1. The van der Waals surface area contributed by atoms with Crippen LogP contribution >= 0.6 is 27.3 Å². The number of aryl methyl sites for hydroxylation is 3. The van der Waals surface area contributed by atoms with E-state index in [1.165, 1.54) is 10.7 Å². The molecule has 41 heavy (non-hydrogen) atoms. The topological polar surface area (TPSA) is 121 Å². The molecule has 1 saturated carbocycles. The van der Waals surface area contributed by atoms with Gasteiger partial charge in [-0.15, -0.1) is 11.3 Å². The normalized spacial score (nSPS) is 13.9. The molecule has 0 aromatic carbocycles. The number of pyridine rings is 1. The molecular weight excluding hydrogens is 637 g/mol. The maximum atomic E-state index is 13.8. The van der Waals surface area contributed by atoms with Crippen LogP contribution in [0.3, 0.4) is 0 Å². The number of anilines is 1. The van der Waals surface area contributed by atoms with Gasteiger partial charge in [0.25, 0.3) is 12.3 Å². The van der Waals surface area contributed by atoms with Gasteiger partial charge < -0.3 is 11.1 Å². The second-order valence-electron chi connectivity index (χ2n) is 9.57. The molecule has 0 bridgehead atoms. The van der Waals surface area contributed by atoms with Crippen LogP contribution in [0.25, 0.3) is 21.3 Å². The van der Waals surface area contributed by atoms with Gasteiger partial charge in [-0.2, -0.15) is 23.4 Å². The minimum Gasteiger partial charge on any atom is -0.365 e. The van der Waals surface area contributed by atoms with E-state index < -0.39 is 35.8 Å². The summed E-state index contributed by atoms with van der Waals surface area (Å²) in [5.41, 5.74) is 5.68. The van der Waals surface area contributed by atoms with Gasteiger partial charge in [-0.05, 0) is 54.2 Å². The summed E-state index contributed by atoms with van der Waals surface area (Å²) in [7, 11) is 0. The first-order valence-corrected chi connectivity index (χ1v) is 14.1. The summed E-state index contributed by atoms with van der Waals surface area (Å²) in [4.78, 5) is 29.5. The van der Waals surface area contributed by atoms with Crippen molar-refractivity contribution < 1.29 is 31.5 Å². The van der Waals surface area contributed by atoms with Crippen molar-refractivity contribution in [1.82, 2.24) is 24.5 Å². The van der Waals surface area contributed by atoms with E-state index in [2.05, 4.69) is 36.4 Å². The number of aromatic nitrogens is 5. The lowest BCUT2D eigenvalue weighted by molar-refractivity contribution is -0.142. The molecule has 0 spiro atoms. The van der Waals surface area contributed by atoms with E-state index in [1.54, 1.807) is 17.8 Å². The van der Waals surface area contributed by atoms with Gasteiger partial charge in [0.15, 0.2) is 5.69 Å². The molecule has 0 radical (unpaired) electrons. The molecule has 3 N–H and O–H groups in total. The Morgan fingerprint density at radius 3 is 2.51 bits per heavy atom. The smallest absolute Gasteiger partial charge is 0.365 e. The first-order valence-electron chi connectivity index (χ1n) is 12.5. The molecule has 5 rings (SSSR count). The predicted molar refractivity (Wildman–Crippen MR) is 145 cm³/mol. The van der Waals surface area contributed by atoms with E-state index in [0.717, 1.165) is 11.3 Å². The Hall–Kier alpha value is -3.40. The van der Waals surface area contributed by atoms with Crippen molar-refractivity contribution in [3.8, 4) is 11.1 Å². The number of nitrogens with zero attached hydrogens (tertiary/aromatic N) is 5. The first kappa shape index (κ1) is 29.1. The number of carbonyl (C=O) groups is 2. The molecule has 0 saturated heterocycles. The number of hydrogen-bond acceptors (Lipinski definition) is 6. The Balaban J connectivity index is 1.53. The summed E-state index contributed by atoms with van der Waals surface area (Å²) in [5, 5.41) is 11.0. The van der Waals surface area contributed by atoms with Gasteiger partial charge in [0.1, 0.15) is 15.4 Å². The Bertz CT molecular complexity index is 1670. The Labute approximate surface area is 242 Å². The van der Waals surface area contributed by atoms with Crippen LogP contribution in [0, 0.1) is 6.92 Å². The van der Waals surface area contributed by atoms with Crippen LogP contribution in [0.1, 0.15) is 71.0 Å². The molecule has 2 amide bonds. The Morgan fingerprint density at radius 1 is 1.24 bits per heavy atom. The lowest BCUT2D eigenvalue weighted by atomic mass is 10.0. The van der Waals surface area contributed by atoms with Gasteiger partial charge in [-0.25, -0.2) is 13.8 Å². The van der Waals surface area contributed by atoms with Crippen LogP contribution in [0.4, 0.5) is 27.6 Å². The maximum Gasteiger partial charge on any atom is 0.436 e. The zero-order chi connectivity index (χ0) is 29.8. The number of nitrogens with two attached hydrogens (primary N) is 1. The SMILES string of the molecule is CCn1cc(-c2cc(C(F)F)nc3sc(C(N)=O)c(NC(=O)CCn4nc(C(F)(F)F)c(Br)c4C4CC4)c23)c(C)n1. The first-order chi connectivity index (χ1) is 19.3. The van der Waals surface area contributed by atoms with Crippen molar-refractivity contribution in [2.45, 2.75) is 64.7 Å². The van der Waals surface area contributed by atoms with Crippen molar-refractivity contribution in [3.05, 3.63) is 44.4 Å². The van der Waals surface area contributed by atoms with Gasteiger partial charge in [-0.3, -0.25) is 19.0 Å². The maximum absolute atomic E-state index is 13.8. The fraction of sp³-hybridized carbons (Fsp3) is 0.400. The number of nitrogens with one attached hydrogen (secondary N) is 1. The van der Waals surface area contributed by atoms with Crippen LogP contribution in [0.5, 0.6) is 0 Å². The van der Waals surface area contributed by atoms with Crippen molar-refractivity contribution in [2.24, 2.45) is 5.73 Å². The summed E-state index contributed by atoms with van der Waals surface area (Å²) in [6, 6.07) is 1.19. The van der Waals surface area contributed by atoms with Gasteiger partial charge in [0, 0.05) is 36.0 Å². The molecule has 1 fully saturated rings. The molecule has 218 valence electrons. The summed E-state index contributed by atoms with van der Waals surface area (Å²) in [6.07, 6.45) is -4.79. The van der Waals surface area contributed by atoms with Crippen LogP contribution in [-0.4, -0.2) is 36.4 Å². The van der Waals surface area contributed by atoms with E-state index in [1.807, 2.05) is 6.92 Å². The number of thiophene rings is 1. The van der Waals surface area contributed by atoms with Crippen LogP contribution < -0.4 is 11.1 Å². The number of carbonyl (C=O) groups excluding carboxylic acids is 2. The minimum atomic E-state index is -4.67. The summed E-state index contributed by atoms with van der Waals surface area (Å²) < 4.78 is 70.6. The van der Waals surface area contributed by atoms with Gasteiger partial charge in [0.2, 0.25) is 5.91 Å². The largest absolute Gasteiger partial charge is 0.436 e. The second-order valence-corrected chi connectivity index (χ2v) is 11.4. The molecular formula is C25H23BrF5N7O2S. The van der Waals surface area contributed by atoms with E-state index in [4.69, 9.17) is 5.73 Å².